The van der Waals surface area contributed by atoms with Crippen LogP contribution < -0.4 is 10.1 Å². The van der Waals surface area contributed by atoms with Crippen molar-refractivity contribution < 1.29 is 18.8 Å². The highest BCUT2D eigenvalue weighted by molar-refractivity contribution is 6.32. The van der Waals surface area contributed by atoms with Crippen LogP contribution in [0, 0.1) is 15.9 Å². The summed E-state index contributed by atoms with van der Waals surface area (Å²) in [6.45, 7) is 0. The summed E-state index contributed by atoms with van der Waals surface area (Å²) in [4.78, 5) is 22.5. The lowest BCUT2D eigenvalue weighted by molar-refractivity contribution is -0.384. The molecular formula is C19H12ClFN2O4. The first kappa shape index (κ1) is 18.3. The second-order valence-electron chi connectivity index (χ2n) is 5.46. The second kappa shape index (κ2) is 7.84. The molecule has 0 fully saturated rings. The number of halogens is 2. The van der Waals surface area contributed by atoms with E-state index in [4.69, 9.17) is 16.3 Å². The monoisotopic (exact) mass is 386 g/mol. The molecule has 0 atom stereocenters. The molecule has 0 bridgehead atoms. The molecule has 0 unspecified atom stereocenters. The Morgan fingerprint density at radius 3 is 2.48 bits per heavy atom. The molecule has 8 heteroatoms. The number of amides is 1. The molecule has 0 heterocycles. The van der Waals surface area contributed by atoms with Crippen molar-refractivity contribution >= 4 is 28.9 Å². The molecule has 0 aliphatic heterocycles. The highest BCUT2D eigenvalue weighted by Crippen LogP contribution is 2.32. The van der Waals surface area contributed by atoms with Crippen LogP contribution in [0.3, 0.4) is 0 Å². The van der Waals surface area contributed by atoms with E-state index >= 15 is 0 Å². The zero-order valence-electron chi connectivity index (χ0n) is 13.7. The maximum Gasteiger partial charge on any atom is 0.271 e. The van der Waals surface area contributed by atoms with Gasteiger partial charge in [-0.05, 0) is 48.5 Å². The van der Waals surface area contributed by atoms with Gasteiger partial charge >= 0.3 is 0 Å². The molecule has 0 spiro atoms. The minimum absolute atomic E-state index is 0.0744. The molecular weight excluding hydrogens is 375 g/mol. The van der Waals surface area contributed by atoms with E-state index in [0.717, 1.165) is 0 Å². The van der Waals surface area contributed by atoms with Gasteiger partial charge in [0, 0.05) is 23.4 Å². The molecule has 0 saturated carbocycles. The number of rotatable bonds is 5. The van der Waals surface area contributed by atoms with Crippen LogP contribution in [-0.2, 0) is 0 Å². The fourth-order valence-electron chi connectivity index (χ4n) is 2.25. The van der Waals surface area contributed by atoms with Gasteiger partial charge in [0.05, 0.1) is 9.95 Å². The van der Waals surface area contributed by atoms with Gasteiger partial charge < -0.3 is 10.1 Å². The Morgan fingerprint density at radius 1 is 1.07 bits per heavy atom. The maximum absolute atomic E-state index is 12.9. The highest BCUT2D eigenvalue weighted by Gasteiger charge is 2.12. The van der Waals surface area contributed by atoms with Crippen molar-refractivity contribution in [1.82, 2.24) is 0 Å². The Bertz CT molecular complexity index is 1010. The van der Waals surface area contributed by atoms with Crippen LogP contribution in [0.1, 0.15) is 10.4 Å². The van der Waals surface area contributed by atoms with Gasteiger partial charge in [0.2, 0.25) is 0 Å². The van der Waals surface area contributed by atoms with Crippen LogP contribution in [0.5, 0.6) is 11.5 Å². The van der Waals surface area contributed by atoms with E-state index in [1.807, 2.05) is 0 Å². The van der Waals surface area contributed by atoms with Crippen molar-refractivity contribution in [3.05, 3.63) is 93.2 Å². The minimum atomic E-state index is -0.559. The summed E-state index contributed by atoms with van der Waals surface area (Å²) in [6, 6.07) is 15.5. The molecule has 27 heavy (non-hydrogen) atoms. The van der Waals surface area contributed by atoms with Crippen molar-refractivity contribution in [3.8, 4) is 11.5 Å². The fraction of sp³-hybridized carbons (Fsp3) is 0. The number of anilines is 1. The standard InChI is InChI=1S/C19H12ClFN2O4/c20-17-11-15(23(25)26)8-9-18(17)27-16-3-1-2-12(10-16)19(24)22-14-6-4-13(21)5-7-14/h1-11H,(H,22,24). The van der Waals surface area contributed by atoms with Gasteiger partial charge in [0.15, 0.2) is 0 Å². The number of nitrogens with one attached hydrogen (secondary N) is 1. The normalized spacial score (nSPS) is 10.3. The predicted octanol–water partition coefficient (Wildman–Crippen LogP) is 5.43. The van der Waals surface area contributed by atoms with Gasteiger partial charge in [0.1, 0.15) is 17.3 Å². The predicted molar refractivity (Wildman–Crippen MR) is 99.0 cm³/mol. The zero-order chi connectivity index (χ0) is 19.4. The molecule has 0 aliphatic carbocycles. The number of nitro benzene ring substituents is 1. The summed E-state index contributed by atoms with van der Waals surface area (Å²) in [5.74, 6) is -0.249. The Hall–Kier alpha value is -3.45. The summed E-state index contributed by atoms with van der Waals surface area (Å²) in [6.07, 6.45) is 0. The Balaban J connectivity index is 1.76. The third-order valence-corrected chi connectivity index (χ3v) is 3.85. The SMILES string of the molecule is O=C(Nc1ccc(F)cc1)c1cccc(Oc2ccc([N+](=O)[O-])cc2Cl)c1. The van der Waals surface area contributed by atoms with E-state index < -0.39 is 16.6 Å². The fourth-order valence-corrected chi connectivity index (χ4v) is 2.46. The number of carbonyl (C=O) groups is 1. The summed E-state index contributed by atoms with van der Waals surface area (Å²) in [5.41, 5.74) is 0.612. The molecule has 6 nitrogen and oxygen atoms in total. The number of ether oxygens (including phenoxy) is 1. The quantitative estimate of drug-likeness (QED) is 0.468. The van der Waals surface area contributed by atoms with Gasteiger partial charge in [0.25, 0.3) is 11.6 Å². The zero-order valence-corrected chi connectivity index (χ0v) is 14.4. The molecule has 0 radical (unpaired) electrons. The van der Waals surface area contributed by atoms with E-state index in [9.17, 15) is 19.3 Å². The molecule has 136 valence electrons. The lowest BCUT2D eigenvalue weighted by Gasteiger charge is -2.09. The average molecular weight is 387 g/mol. The maximum atomic E-state index is 12.9. The lowest BCUT2D eigenvalue weighted by Crippen LogP contribution is -2.11. The third kappa shape index (κ3) is 4.59. The number of benzene rings is 3. The van der Waals surface area contributed by atoms with Crippen molar-refractivity contribution in [3.63, 3.8) is 0 Å². The number of nitrogens with zero attached hydrogens (tertiary/aromatic N) is 1. The molecule has 0 saturated heterocycles. The van der Waals surface area contributed by atoms with Gasteiger partial charge in [-0.25, -0.2) is 4.39 Å². The first-order valence-corrected chi connectivity index (χ1v) is 8.09. The number of carbonyl (C=O) groups excluding carboxylic acids is 1. The first-order chi connectivity index (χ1) is 12.9. The van der Waals surface area contributed by atoms with Crippen LogP contribution in [0.4, 0.5) is 15.8 Å². The summed E-state index contributed by atoms with van der Waals surface area (Å²) in [7, 11) is 0. The molecule has 0 aliphatic rings. The van der Waals surface area contributed by atoms with Crippen LogP contribution in [0.25, 0.3) is 0 Å². The van der Waals surface area contributed by atoms with Gasteiger partial charge in [-0.1, -0.05) is 17.7 Å². The van der Waals surface area contributed by atoms with Crippen LogP contribution in [-0.4, -0.2) is 10.8 Å². The molecule has 1 N–H and O–H groups in total. The first-order valence-electron chi connectivity index (χ1n) is 7.71. The van der Waals surface area contributed by atoms with E-state index in [1.54, 1.807) is 18.2 Å². The largest absolute Gasteiger partial charge is 0.456 e. The molecule has 3 rings (SSSR count). The average Bonchev–Trinajstić information content (AvgIpc) is 2.65. The molecule has 0 aromatic heterocycles. The Morgan fingerprint density at radius 2 is 1.81 bits per heavy atom. The number of hydrogen-bond donors (Lipinski definition) is 1. The number of nitro groups is 1. The molecule has 1 amide bonds. The number of hydrogen-bond acceptors (Lipinski definition) is 4. The Kier molecular flexibility index (Phi) is 5.33. The van der Waals surface area contributed by atoms with E-state index in [2.05, 4.69) is 5.32 Å². The van der Waals surface area contributed by atoms with Crippen molar-refractivity contribution in [2.75, 3.05) is 5.32 Å². The third-order valence-electron chi connectivity index (χ3n) is 3.55. The highest BCUT2D eigenvalue weighted by atomic mass is 35.5. The van der Waals surface area contributed by atoms with Gasteiger partial charge in [-0.3, -0.25) is 14.9 Å². The molecule has 3 aromatic carbocycles. The van der Waals surface area contributed by atoms with Gasteiger partial charge in [-0.2, -0.15) is 0 Å². The van der Waals surface area contributed by atoms with E-state index in [1.165, 1.54) is 48.5 Å². The van der Waals surface area contributed by atoms with Crippen molar-refractivity contribution in [2.45, 2.75) is 0 Å². The van der Waals surface area contributed by atoms with Crippen molar-refractivity contribution in [2.24, 2.45) is 0 Å². The second-order valence-corrected chi connectivity index (χ2v) is 5.87. The summed E-state index contributed by atoms with van der Waals surface area (Å²) < 4.78 is 18.5. The van der Waals surface area contributed by atoms with E-state index in [-0.39, 0.29) is 16.5 Å². The molecule has 3 aromatic rings. The summed E-state index contributed by atoms with van der Waals surface area (Å²) in [5, 5.41) is 13.5. The van der Waals surface area contributed by atoms with Crippen molar-refractivity contribution in [1.29, 1.82) is 0 Å². The van der Waals surface area contributed by atoms with Crippen LogP contribution in [0.2, 0.25) is 5.02 Å². The summed E-state index contributed by atoms with van der Waals surface area (Å²) >= 11 is 6.01. The van der Waals surface area contributed by atoms with Gasteiger partial charge in [-0.15, -0.1) is 0 Å². The number of non-ortho nitro benzene ring substituents is 1. The van der Waals surface area contributed by atoms with E-state index in [0.29, 0.717) is 17.0 Å². The topological polar surface area (TPSA) is 81.5 Å². The Labute approximate surface area is 158 Å². The lowest BCUT2D eigenvalue weighted by atomic mass is 10.2. The smallest absolute Gasteiger partial charge is 0.271 e. The van der Waals surface area contributed by atoms with Crippen LogP contribution >= 0.6 is 11.6 Å². The minimum Gasteiger partial charge on any atom is -0.456 e. The van der Waals surface area contributed by atoms with Crippen LogP contribution in [0.15, 0.2) is 66.7 Å².